The molecule has 0 spiro atoms. The average Bonchev–Trinajstić information content (AvgIpc) is 2.55. The van der Waals surface area contributed by atoms with Crippen molar-refractivity contribution in [1.29, 1.82) is 0 Å². The molecule has 0 saturated heterocycles. The molecule has 1 aromatic carbocycles. The van der Waals surface area contributed by atoms with E-state index < -0.39 is 5.24 Å². The number of hydrogen-bond acceptors (Lipinski definition) is 5. The minimum Gasteiger partial charge on any atom is -0.493 e. The van der Waals surface area contributed by atoms with Gasteiger partial charge in [0.05, 0.1) is 26.9 Å². The van der Waals surface area contributed by atoms with Crippen LogP contribution in [0.25, 0.3) is 0 Å². The van der Waals surface area contributed by atoms with Gasteiger partial charge in [-0.2, -0.15) is 0 Å². The van der Waals surface area contributed by atoms with Crippen molar-refractivity contribution in [3.05, 3.63) is 48.3 Å². The van der Waals surface area contributed by atoms with Crippen LogP contribution in [0.2, 0.25) is 0 Å². The van der Waals surface area contributed by atoms with E-state index in [1.807, 2.05) is 18.2 Å². The van der Waals surface area contributed by atoms with Gasteiger partial charge >= 0.3 is 0 Å². The number of ether oxygens (including phenoxy) is 3. The van der Waals surface area contributed by atoms with Crippen LogP contribution in [-0.4, -0.2) is 31.6 Å². The predicted molar refractivity (Wildman–Crippen MR) is 80.5 cm³/mol. The Morgan fingerprint density at radius 1 is 0.952 bits per heavy atom. The zero-order valence-corrected chi connectivity index (χ0v) is 12.8. The first kappa shape index (κ1) is 16.8. The third kappa shape index (κ3) is 4.65. The van der Waals surface area contributed by atoms with Gasteiger partial charge in [-0.1, -0.05) is 6.07 Å². The van der Waals surface area contributed by atoms with Crippen LogP contribution >= 0.6 is 11.6 Å². The molecule has 21 heavy (non-hydrogen) atoms. The zero-order chi connectivity index (χ0) is 15.7. The largest absolute Gasteiger partial charge is 0.493 e. The molecule has 6 heteroatoms. The minimum atomic E-state index is -0.604. The molecular weight excluding hydrogens is 294 g/mol. The quantitative estimate of drug-likeness (QED) is 0.812. The zero-order valence-electron chi connectivity index (χ0n) is 12.0. The summed E-state index contributed by atoms with van der Waals surface area (Å²) in [6.07, 6.45) is 3.50. The van der Waals surface area contributed by atoms with E-state index in [1.165, 1.54) is 27.4 Å². The number of pyridine rings is 1. The smallest absolute Gasteiger partial charge is 0.256 e. The van der Waals surface area contributed by atoms with Crippen LogP contribution in [0.15, 0.2) is 42.7 Å². The van der Waals surface area contributed by atoms with Gasteiger partial charge in [0.25, 0.3) is 5.24 Å². The van der Waals surface area contributed by atoms with Crippen LogP contribution in [0.1, 0.15) is 10.4 Å². The lowest BCUT2D eigenvalue weighted by Crippen LogP contribution is -2.00. The summed E-state index contributed by atoms with van der Waals surface area (Å²) < 4.78 is 15.2. The number of carbonyl (C=O) groups is 1. The number of hydrogen-bond donors (Lipinski definition) is 0. The lowest BCUT2D eigenvalue weighted by molar-refractivity contribution is 0.107. The molecule has 0 aliphatic heterocycles. The Balaban J connectivity index is 0.000000304. The van der Waals surface area contributed by atoms with Gasteiger partial charge in [-0.3, -0.25) is 9.78 Å². The van der Waals surface area contributed by atoms with Gasteiger partial charge in [0.2, 0.25) is 5.75 Å². The summed E-state index contributed by atoms with van der Waals surface area (Å²) in [6.45, 7) is 0. The second-order valence-electron chi connectivity index (χ2n) is 3.68. The van der Waals surface area contributed by atoms with Gasteiger partial charge in [0.1, 0.15) is 0 Å². The van der Waals surface area contributed by atoms with Crippen LogP contribution in [0.5, 0.6) is 17.2 Å². The van der Waals surface area contributed by atoms with Crippen LogP contribution < -0.4 is 14.2 Å². The van der Waals surface area contributed by atoms with E-state index in [1.54, 1.807) is 18.5 Å². The molecule has 0 aliphatic rings. The van der Waals surface area contributed by atoms with Crippen LogP contribution in [0, 0.1) is 0 Å². The molecule has 0 aliphatic carbocycles. The number of carbonyl (C=O) groups excluding carboxylic acids is 1. The number of nitrogens with zero attached hydrogens (tertiary/aromatic N) is 1. The predicted octanol–water partition coefficient (Wildman–Crippen LogP) is 3.17. The number of aromatic nitrogens is 1. The van der Waals surface area contributed by atoms with Gasteiger partial charge in [-0.15, -0.1) is 0 Å². The van der Waals surface area contributed by atoms with Crippen molar-refractivity contribution < 1.29 is 19.0 Å². The highest BCUT2D eigenvalue weighted by atomic mass is 35.5. The molecule has 0 N–H and O–H groups in total. The van der Waals surface area contributed by atoms with Gasteiger partial charge in [0.15, 0.2) is 11.5 Å². The Morgan fingerprint density at radius 3 is 1.90 bits per heavy atom. The van der Waals surface area contributed by atoms with Crippen molar-refractivity contribution in [2.24, 2.45) is 0 Å². The third-order valence-corrected chi connectivity index (χ3v) is 2.69. The second-order valence-corrected chi connectivity index (χ2v) is 4.02. The summed E-state index contributed by atoms with van der Waals surface area (Å²) in [6, 6.07) is 8.83. The SMILES string of the molecule is COc1ccc(C(=O)Cl)c(OC)c1OC.c1ccncc1. The van der Waals surface area contributed by atoms with Crippen molar-refractivity contribution in [3.8, 4) is 17.2 Å². The third-order valence-electron chi connectivity index (χ3n) is 2.48. The van der Waals surface area contributed by atoms with Crippen LogP contribution in [0.4, 0.5) is 0 Å². The molecule has 1 heterocycles. The maximum absolute atomic E-state index is 11.1. The summed E-state index contributed by atoms with van der Waals surface area (Å²) in [7, 11) is 4.39. The number of benzene rings is 1. The number of methoxy groups -OCH3 is 3. The molecule has 2 aromatic rings. The normalized spacial score (nSPS) is 9.14. The first-order valence-corrected chi connectivity index (χ1v) is 6.37. The van der Waals surface area contributed by atoms with Crippen molar-refractivity contribution >= 4 is 16.8 Å². The van der Waals surface area contributed by atoms with Crippen molar-refractivity contribution in [2.75, 3.05) is 21.3 Å². The second kappa shape index (κ2) is 8.81. The lowest BCUT2D eigenvalue weighted by Gasteiger charge is -2.13. The lowest BCUT2D eigenvalue weighted by atomic mass is 10.2. The summed E-state index contributed by atoms with van der Waals surface area (Å²) in [5, 5.41) is -0.604. The molecule has 0 unspecified atom stereocenters. The Bertz CT molecular complexity index is 549. The summed E-state index contributed by atoms with van der Waals surface area (Å²) in [5.74, 6) is 1.11. The van der Waals surface area contributed by atoms with Gasteiger partial charge in [-0.25, -0.2) is 0 Å². The number of rotatable bonds is 4. The molecule has 0 radical (unpaired) electrons. The van der Waals surface area contributed by atoms with Crippen molar-refractivity contribution in [2.45, 2.75) is 0 Å². The van der Waals surface area contributed by atoms with Crippen molar-refractivity contribution in [1.82, 2.24) is 4.98 Å². The summed E-state index contributed by atoms with van der Waals surface area (Å²) in [4.78, 5) is 14.9. The maximum atomic E-state index is 11.1. The minimum absolute atomic E-state index is 0.247. The highest BCUT2D eigenvalue weighted by molar-refractivity contribution is 6.68. The molecule has 2 rings (SSSR count). The molecule has 1 aromatic heterocycles. The van der Waals surface area contributed by atoms with Crippen molar-refractivity contribution in [3.63, 3.8) is 0 Å². The van der Waals surface area contributed by atoms with Crippen LogP contribution in [0.3, 0.4) is 0 Å². The highest BCUT2D eigenvalue weighted by Gasteiger charge is 2.18. The fraction of sp³-hybridized carbons (Fsp3) is 0.200. The Hall–Kier alpha value is -2.27. The maximum Gasteiger partial charge on any atom is 0.256 e. The molecule has 0 bridgehead atoms. The fourth-order valence-corrected chi connectivity index (χ4v) is 1.72. The summed E-state index contributed by atoms with van der Waals surface area (Å²) >= 11 is 5.40. The van der Waals surface area contributed by atoms with Gasteiger partial charge < -0.3 is 14.2 Å². The molecule has 0 fully saturated rings. The van der Waals surface area contributed by atoms with Gasteiger partial charge in [-0.05, 0) is 35.9 Å². The standard InChI is InChI=1S/C10H11ClO4.C5H5N/c1-13-7-5-4-6(10(11)12)8(14-2)9(7)15-3;1-2-4-6-5-3-1/h4-5H,1-3H3;1-5H. The fourth-order valence-electron chi connectivity index (χ4n) is 1.57. The van der Waals surface area contributed by atoms with E-state index in [0.717, 1.165) is 0 Å². The number of halogens is 1. The highest BCUT2D eigenvalue weighted by Crippen LogP contribution is 2.40. The van der Waals surface area contributed by atoms with Crippen LogP contribution in [-0.2, 0) is 0 Å². The Kier molecular flexibility index (Phi) is 7.04. The van der Waals surface area contributed by atoms with E-state index in [4.69, 9.17) is 25.8 Å². The first-order valence-electron chi connectivity index (χ1n) is 5.99. The van der Waals surface area contributed by atoms with E-state index in [-0.39, 0.29) is 11.3 Å². The molecule has 0 amide bonds. The molecule has 0 atom stereocenters. The summed E-state index contributed by atoms with van der Waals surface area (Å²) in [5.41, 5.74) is 0.247. The Morgan fingerprint density at radius 2 is 1.57 bits per heavy atom. The topological polar surface area (TPSA) is 57.7 Å². The monoisotopic (exact) mass is 309 g/mol. The molecule has 0 saturated carbocycles. The van der Waals surface area contributed by atoms with E-state index in [2.05, 4.69) is 4.98 Å². The first-order chi connectivity index (χ1) is 10.2. The van der Waals surface area contributed by atoms with E-state index in [0.29, 0.717) is 11.5 Å². The average molecular weight is 310 g/mol. The van der Waals surface area contributed by atoms with Gasteiger partial charge in [0, 0.05) is 12.4 Å². The Labute approximate surface area is 128 Å². The van der Waals surface area contributed by atoms with E-state index in [9.17, 15) is 4.79 Å². The molecular formula is C15H16ClNO4. The molecule has 5 nitrogen and oxygen atoms in total. The van der Waals surface area contributed by atoms with E-state index >= 15 is 0 Å². The molecule has 112 valence electrons.